The summed E-state index contributed by atoms with van der Waals surface area (Å²) in [5, 5.41) is 17.7. The van der Waals surface area contributed by atoms with E-state index in [1.54, 1.807) is 6.92 Å². The fourth-order valence-electron chi connectivity index (χ4n) is 1.81. The van der Waals surface area contributed by atoms with Gasteiger partial charge in [-0.3, -0.25) is 0 Å². The second kappa shape index (κ2) is 7.02. The molecule has 0 fully saturated rings. The molecule has 0 aliphatic carbocycles. The highest BCUT2D eigenvalue weighted by molar-refractivity contribution is 7.91. The summed E-state index contributed by atoms with van der Waals surface area (Å²) in [5.74, 6) is -1.02. The van der Waals surface area contributed by atoms with Gasteiger partial charge in [0, 0.05) is 19.5 Å². The smallest absolute Gasteiger partial charge is 0.346 e. The minimum atomic E-state index is -3.77. The summed E-state index contributed by atoms with van der Waals surface area (Å²) in [4.78, 5) is 11.1. The molecule has 21 heavy (non-hydrogen) atoms. The summed E-state index contributed by atoms with van der Waals surface area (Å²) >= 11 is 0.751. The first-order chi connectivity index (χ1) is 9.70. The number of sulfonamides is 1. The Kier molecular flexibility index (Phi) is 5.89. The Hall–Kier alpha value is -1.43. The molecule has 6 nitrogen and oxygen atoms in total. The van der Waals surface area contributed by atoms with Crippen molar-refractivity contribution in [2.75, 3.05) is 13.1 Å². The lowest BCUT2D eigenvalue weighted by atomic mass is 10.2. The minimum absolute atomic E-state index is 0.0102. The van der Waals surface area contributed by atoms with Crippen LogP contribution in [0.25, 0.3) is 0 Å². The molecule has 0 aromatic carbocycles. The SMILES string of the molecule is Cc1cc(S(=O)(=O)N(CCC#N)CC(C)C)sc1C(=O)O. The van der Waals surface area contributed by atoms with Crippen molar-refractivity contribution in [3.63, 3.8) is 0 Å². The molecule has 0 radical (unpaired) electrons. The Morgan fingerprint density at radius 3 is 2.57 bits per heavy atom. The van der Waals surface area contributed by atoms with Crippen LogP contribution in [0.4, 0.5) is 0 Å². The van der Waals surface area contributed by atoms with Crippen molar-refractivity contribution < 1.29 is 18.3 Å². The number of nitrogens with zero attached hydrogens (tertiary/aromatic N) is 2. The molecule has 0 saturated heterocycles. The number of thiophene rings is 1. The van der Waals surface area contributed by atoms with Crippen molar-refractivity contribution >= 4 is 27.3 Å². The van der Waals surface area contributed by atoms with Gasteiger partial charge in [-0.15, -0.1) is 11.3 Å². The van der Waals surface area contributed by atoms with Gasteiger partial charge in [-0.05, 0) is 24.5 Å². The molecule has 0 saturated carbocycles. The van der Waals surface area contributed by atoms with Crippen LogP contribution in [0.2, 0.25) is 0 Å². The van der Waals surface area contributed by atoms with Crippen LogP contribution in [-0.2, 0) is 10.0 Å². The normalized spacial score (nSPS) is 11.8. The number of aryl methyl sites for hydroxylation is 1. The number of rotatable bonds is 7. The Morgan fingerprint density at radius 2 is 2.14 bits per heavy atom. The van der Waals surface area contributed by atoms with Gasteiger partial charge in [-0.2, -0.15) is 9.57 Å². The zero-order valence-electron chi connectivity index (χ0n) is 12.2. The summed E-state index contributed by atoms with van der Waals surface area (Å²) in [7, 11) is -3.77. The lowest BCUT2D eigenvalue weighted by Crippen LogP contribution is -2.34. The standard InChI is InChI=1S/C13H18N2O4S2/c1-9(2)8-15(6-4-5-14)21(18,19)11-7-10(3)12(20-11)13(16)17/h7,9H,4,6,8H2,1-3H3,(H,16,17). The van der Waals surface area contributed by atoms with E-state index in [4.69, 9.17) is 10.4 Å². The van der Waals surface area contributed by atoms with Gasteiger partial charge < -0.3 is 5.11 Å². The molecule has 0 spiro atoms. The monoisotopic (exact) mass is 330 g/mol. The van der Waals surface area contributed by atoms with Crippen molar-refractivity contribution in [1.29, 1.82) is 5.26 Å². The van der Waals surface area contributed by atoms with Crippen molar-refractivity contribution in [3.05, 3.63) is 16.5 Å². The van der Waals surface area contributed by atoms with E-state index in [9.17, 15) is 13.2 Å². The number of hydrogen-bond donors (Lipinski definition) is 1. The number of nitriles is 1. The highest BCUT2D eigenvalue weighted by Gasteiger charge is 2.28. The van der Waals surface area contributed by atoms with E-state index in [0.717, 1.165) is 11.3 Å². The third-order valence-electron chi connectivity index (χ3n) is 2.73. The second-order valence-electron chi connectivity index (χ2n) is 5.05. The fraction of sp³-hybridized carbons (Fsp3) is 0.538. The fourth-order valence-corrected chi connectivity index (χ4v) is 4.95. The third kappa shape index (κ3) is 4.27. The van der Waals surface area contributed by atoms with Gasteiger partial charge >= 0.3 is 5.97 Å². The van der Waals surface area contributed by atoms with Gasteiger partial charge in [0.2, 0.25) is 0 Å². The van der Waals surface area contributed by atoms with Gasteiger partial charge in [0.25, 0.3) is 10.0 Å². The van der Waals surface area contributed by atoms with Crippen molar-refractivity contribution in [1.82, 2.24) is 4.31 Å². The highest BCUT2D eigenvalue weighted by atomic mass is 32.2. The molecule has 0 aliphatic heterocycles. The zero-order chi connectivity index (χ0) is 16.2. The van der Waals surface area contributed by atoms with Gasteiger partial charge in [0.1, 0.15) is 9.09 Å². The Labute approximate surface area is 128 Å². The van der Waals surface area contributed by atoms with Crippen LogP contribution >= 0.6 is 11.3 Å². The summed E-state index contributed by atoms with van der Waals surface area (Å²) < 4.78 is 26.4. The molecule has 8 heteroatoms. The predicted molar refractivity (Wildman–Crippen MR) is 79.8 cm³/mol. The maximum Gasteiger partial charge on any atom is 0.346 e. The quantitative estimate of drug-likeness (QED) is 0.827. The van der Waals surface area contributed by atoms with Crippen LogP contribution in [0, 0.1) is 24.2 Å². The summed E-state index contributed by atoms with van der Waals surface area (Å²) in [6, 6.07) is 3.31. The topological polar surface area (TPSA) is 98.5 Å². The average Bonchev–Trinajstić information content (AvgIpc) is 2.76. The lowest BCUT2D eigenvalue weighted by Gasteiger charge is -2.22. The molecule has 0 amide bonds. The van der Waals surface area contributed by atoms with Crippen LogP contribution in [0.5, 0.6) is 0 Å². The molecule has 0 bridgehead atoms. The molecule has 1 N–H and O–H groups in total. The first-order valence-corrected chi connectivity index (χ1v) is 8.66. The molecule has 1 rings (SSSR count). The number of carboxylic acid groups (broad SMARTS) is 1. The van der Waals surface area contributed by atoms with Crippen LogP contribution in [0.3, 0.4) is 0 Å². The summed E-state index contributed by atoms with van der Waals surface area (Å²) in [5.41, 5.74) is 0.427. The largest absolute Gasteiger partial charge is 0.477 e. The second-order valence-corrected chi connectivity index (χ2v) is 8.26. The van der Waals surface area contributed by atoms with E-state index in [0.29, 0.717) is 12.1 Å². The van der Waals surface area contributed by atoms with Gasteiger partial charge in [0.05, 0.1) is 6.07 Å². The molecule has 116 valence electrons. The molecule has 0 atom stereocenters. The molecular formula is C13H18N2O4S2. The molecule has 1 aromatic heterocycles. The number of carboxylic acids is 1. The molecule has 0 unspecified atom stereocenters. The van der Waals surface area contributed by atoms with Crippen molar-refractivity contribution in [2.24, 2.45) is 5.92 Å². The third-order valence-corrected chi connectivity index (χ3v) is 6.26. The lowest BCUT2D eigenvalue weighted by molar-refractivity contribution is 0.0701. The van der Waals surface area contributed by atoms with E-state index in [2.05, 4.69) is 0 Å². The van der Waals surface area contributed by atoms with Crippen LogP contribution < -0.4 is 0 Å². The Bertz CT molecular complexity index is 656. The van der Waals surface area contributed by atoms with Crippen LogP contribution in [-0.4, -0.2) is 36.9 Å². The maximum absolute atomic E-state index is 12.6. The molecule has 1 heterocycles. The number of hydrogen-bond acceptors (Lipinski definition) is 5. The Balaban J connectivity index is 3.19. The Morgan fingerprint density at radius 1 is 1.52 bits per heavy atom. The predicted octanol–water partition coefficient (Wildman–Crippen LogP) is 2.32. The van der Waals surface area contributed by atoms with Crippen molar-refractivity contribution in [3.8, 4) is 6.07 Å². The number of carbonyl (C=O) groups is 1. The first-order valence-electron chi connectivity index (χ1n) is 6.41. The van der Waals surface area contributed by atoms with E-state index in [-0.39, 0.29) is 28.0 Å². The first kappa shape index (κ1) is 17.6. The van der Waals surface area contributed by atoms with Gasteiger partial charge in [-0.1, -0.05) is 13.8 Å². The van der Waals surface area contributed by atoms with E-state index < -0.39 is 16.0 Å². The maximum atomic E-state index is 12.6. The highest BCUT2D eigenvalue weighted by Crippen LogP contribution is 2.29. The van der Waals surface area contributed by atoms with Gasteiger partial charge in [-0.25, -0.2) is 13.2 Å². The summed E-state index contributed by atoms with van der Waals surface area (Å²) in [6.45, 7) is 5.75. The average molecular weight is 330 g/mol. The zero-order valence-corrected chi connectivity index (χ0v) is 13.8. The number of aromatic carboxylic acids is 1. The molecular weight excluding hydrogens is 312 g/mol. The van der Waals surface area contributed by atoms with Crippen molar-refractivity contribution in [2.45, 2.75) is 31.4 Å². The minimum Gasteiger partial charge on any atom is -0.477 e. The molecule has 1 aromatic rings. The van der Waals surface area contributed by atoms with Crippen LogP contribution in [0.15, 0.2) is 10.3 Å². The van der Waals surface area contributed by atoms with Gasteiger partial charge in [0.15, 0.2) is 0 Å². The van der Waals surface area contributed by atoms with E-state index in [1.165, 1.54) is 10.4 Å². The summed E-state index contributed by atoms with van der Waals surface area (Å²) in [6.07, 6.45) is 0.0993. The molecule has 0 aliphatic rings. The van der Waals surface area contributed by atoms with Crippen LogP contribution in [0.1, 0.15) is 35.5 Å². The van der Waals surface area contributed by atoms with E-state index >= 15 is 0 Å². The van der Waals surface area contributed by atoms with E-state index in [1.807, 2.05) is 19.9 Å².